The number of carbonyl (C=O) groups is 1. The second-order valence-electron chi connectivity index (χ2n) is 8.80. The van der Waals surface area contributed by atoms with Gasteiger partial charge in [-0.15, -0.1) is 12.4 Å². The van der Waals surface area contributed by atoms with Gasteiger partial charge in [-0.25, -0.2) is 23.8 Å². The highest BCUT2D eigenvalue weighted by Crippen LogP contribution is 2.33. The van der Waals surface area contributed by atoms with Crippen LogP contribution in [0.3, 0.4) is 0 Å². The molecular formula is C23H28ClFN6O3. The standard InChI is InChI=1S/C23H27FN6O3.ClH/c1-13-5-15-8-26-30(20(15)6-18(13)17-3-4-25-9-19(17)24)22-7-21(27-14(2)28-22)29-10-16(11-29)33-12-23(31)32;/h5-8,16-17,19,25H,3-4,9-12H2,1-2H3,(H,31,32);1H. The molecule has 2 aromatic heterocycles. The van der Waals surface area contributed by atoms with Gasteiger partial charge >= 0.3 is 5.97 Å². The van der Waals surface area contributed by atoms with Crippen molar-refractivity contribution in [2.24, 2.45) is 0 Å². The maximum absolute atomic E-state index is 14.7. The lowest BCUT2D eigenvalue weighted by Crippen LogP contribution is -2.53. The quantitative estimate of drug-likeness (QED) is 0.543. The van der Waals surface area contributed by atoms with Crippen molar-refractivity contribution in [3.05, 3.63) is 41.3 Å². The molecule has 2 unspecified atom stereocenters. The predicted octanol–water partition coefficient (Wildman–Crippen LogP) is 2.56. The van der Waals surface area contributed by atoms with E-state index < -0.39 is 12.1 Å². The van der Waals surface area contributed by atoms with Gasteiger partial charge in [-0.05, 0) is 50.1 Å². The van der Waals surface area contributed by atoms with Gasteiger partial charge in [-0.1, -0.05) is 0 Å². The SMILES string of the molecule is Cc1nc(N2CC(OCC(=O)O)C2)cc(-n2ncc3cc(C)c(C4CCNCC4F)cc32)n1.Cl. The molecule has 2 saturated heterocycles. The number of aliphatic carboxylic acids is 1. The summed E-state index contributed by atoms with van der Waals surface area (Å²) < 4.78 is 21.8. The van der Waals surface area contributed by atoms with E-state index in [0.717, 1.165) is 40.8 Å². The van der Waals surface area contributed by atoms with Crippen molar-refractivity contribution >= 4 is 35.1 Å². The second kappa shape index (κ2) is 9.81. The number of halogens is 2. The van der Waals surface area contributed by atoms with E-state index in [9.17, 15) is 9.18 Å². The maximum atomic E-state index is 14.7. The molecule has 2 aliphatic rings. The Bertz CT molecular complexity index is 1200. The summed E-state index contributed by atoms with van der Waals surface area (Å²) in [5, 5.41) is 17.4. The van der Waals surface area contributed by atoms with E-state index >= 15 is 0 Å². The lowest BCUT2D eigenvalue weighted by Gasteiger charge is -2.39. The number of hydrogen-bond acceptors (Lipinski definition) is 7. The number of fused-ring (bicyclic) bond motifs is 1. The van der Waals surface area contributed by atoms with Gasteiger partial charge < -0.3 is 20.1 Å². The minimum absolute atomic E-state index is 0. The predicted molar refractivity (Wildman–Crippen MR) is 128 cm³/mol. The van der Waals surface area contributed by atoms with E-state index in [4.69, 9.17) is 9.84 Å². The summed E-state index contributed by atoms with van der Waals surface area (Å²) in [6.45, 7) is 5.88. The molecule has 34 heavy (non-hydrogen) atoms. The highest BCUT2D eigenvalue weighted by atomic mass is 35.5. The van der Waals surface area contributed by atoms with Crippen LogP contribution in [0.25, 0.3) is 16.7 Å². The van der Waals surface area contributed by atoms with Gasteiger partial charge in [0.15, 0.2) is 5.82 Å². The van der Waals surface area contributed by atoms with Crippen LogP contribution in [0.5, 0.6) is 0 Å². The Kier molecular flexibility index (Phi) is 7.01. The Balaban J connectivity index is 0.00000274. The lowest BCUT2D eigenvalue weighted by molar-refractivity contribution is -0.144. The number of alkyl halides is 1. The Morgan fingerprint density at radius 3 is 2.74 bits per heavy atom. The second-order valence-corrected chi connectivity index (χ2v) is 8.80. The average Bonchev–Trinajstić information content (AvgIpc) is 3.14. The Hall–Kier alpha value is -2.82. The molecule has 4 heterocycles. The van der Waals surface area contributed by atoms with Crippen molar-refractivity contribution in [2.45, 2.75) is 38.5 Å². The number of benzene rings is 1. The van der Waals surface area contributed by atoms with Crippen molar-refractivity contribution < 1.29 is 19.0 Å². The summed E-state index contributed by atoms with van der Waals surface area (Å²) >= 11 is 0. The first-order chi connectivity index (χ1) is 15.9. The van der Waals surface area contributed by atoms with Crippen LogP contribution in [0.4, 0.5) is 10.2 Å². The van der Waals surface area contributed by atoms with Crippen LogP contribution in [0, 0.1) is 13.8 Å². The highest BCUT2D eigenvalue weighted by Gasteiger charge is 2.30. The van der Waals surface area contributed by atoms with E-state index in [1.807, 2.05) is 24.8 Å². The summed E-state index contributed by atoms with van der Waals surface area (Å²) in [5.41, 5.74) is 2.98. The van der Waals surface area contributed by atoms with Crippen LogP contribution in [0.2, 0.25) is 0 Å². The number of ether oxygens (including phenoxy) is 1. The number of carboxylic acids is 1. The fraction of sp³-hybridized carbons (Fsp3) is 0.478. The Labute approximate surface area is 202 Å². The number of hydrogen-bond donors (Lipinski definition) is 2. The van der Waals surface area contributed by atoms with Crippen LogP contribution in [-0.4, -0.2) is 75.9 Å². The third kappa shape index (κ3) is 4.70. The van der Waals surface area contributed by atoms with Crippen LogP contribution in [-0.2, 0) is 9.53 Å². The van der Waals surface area contributed by atoms with E-state index in [-0.39, 0.29) is 31.0 Å². The number of rotatable bonds is 6. The first kappa shape index (κ1) is 24.3. The molecule has 11 heteroatoms. The molecule has 0 saturated carbocycles. The van der Waals surface area contributed by atoms with E-state index in [1.165, 1.54) is 0 Å². The molecule has 5 rings (SSSR count). The van der Waals surface area contributed by atoms with Crippen LogP contribution < -0.4 is 10.2 Å². The lowest BCUT2D eigenvalue weighted by atomic mass is 9.85. The van der Waals surface area contributed by atoms with Gasteiger partial charge in [0, 0.05) is 37.0 Å². The minimum atomic E-state index is -0.975. The fourth-order valence-electron chi connectivity index (χ4n) is 4.68. The number of aromatic nitrogens is 4. The van der Waals surface area contributed by atoms with Crippen LogP contribution in [0.15, 0.2) is 24.4 Å². The molecular weight excluding hydrogens is 463 g/mol. The third-order valence-corrected chi connectivity index (χ3v) is 6.41. The highest BCUT2D eigenvalue weighted by molar-refractivity contribution is 5.85. The smallest absolute Gasteiger partial charge is 0.329 e. The van der Waals surface area contributed by atoms with Crippen molar-refractivity contribution in [3.8, 4) is 5.82 Å². The summed E-state index contributed by atoms with van der Waals surface area (Å²) in [6.07, 6.45) is 1.52. The van der Waals surface area contributed by atoms with Gasteiger partial charge in [0.25, 0.3) is 0 Å². The monoisotopic (exact) mass is 490 g/mol. The molecule has 2 N–H and O–H groups in total. The zero-order chi connectivity index (χ0) is 23.1. The third-order valence-electron chi connectivity index (χ3n) is 6.41. The first-order valence-electron chi connectivity index (χ1n) is 11.2. The topological polar surface area (TPSA) is 105 Å². The number of piperidine rings is 1. The molecule has 2 fully saturated rings. The number of carboxylic acid groups (broad SMARTS) is 1. The van der Waals surface area contributed by atoms with E-state index in [2.05, 4.69) is 32.5 Å². The summed E-state index contributed by atoms with van der Waals surface area (Å²) in [6, 6.07) is 5.99. The largest absolute Gasteiger partial charge is 0.480 e. The van der Waals surface area contributed by atoms with E-state index in [1.54, 1.807) is 10.9 Å². The van der Waals surface area contributed by atoms with Crippen molar-refractivity contribution in [3.63, 3.8) is 0 Å². The molecule has 2 aliphatic heterocycles. The van der Waals surface area contributed by atoms with Gasteiger partial charge in [-0.2, -0.15) is 5.10 Å². The number of anilines is 1. The minimum Gasteiger partial charge on any atom is -0.480 e. The van der Waals surface area contributed by atoms with Crippen LogP contribution in [0.1, 0.15) is 29.3 Å². The van der Waals surface area contributed by atoms with Gasteiger partial charge in [-0.3, -0.25) is 0 Å². The molecule has 0 amide bonds. The summed E-state index contributed by atoms with van der Waals surface area (Å²) in [7, 11) is 0. The normalized spacial score (nSPS) is 20.7. The Morgan fingerprint density at radius 2 is 2.00 bits per heavy atom. The zero-order valence-electron chi connectivity index (χ0n) is 19.1. The number of nitrogens with one attached hydrogen (secondary N) is 1. The maximum Gasteiger partial charge on any atom is 0.329 e. The van der Waals surface area contributed by atoms with Crippen molar-refractivity contribution in [1.29, 1.82) is 0 Å². The number of nitrogens with zero attached hydrogens (tertiary/aromatic N) is 5. The molecule has 0 spiro atoms. The molecule has 182 valence electrons. The summed E-state index contributed by atoms with van der Waals surface area (Å²) in [4.78, 5) is 21.8. The molecule has 0 aliphatic carbocycles. The van der Waals surface area contributed by atoms with E-state index in [0.29, 0.717) is 31.3 Å². The molecule has 1 aromatic carbocycles. The van der Waals surface area contributed by atoms with Crippen molar-refractivity contribution in [1.82, 2.24) is 25.1 Å². The first-order valence-corrected chi connectivity index (χ1v) is 11.2. The Morgan fingerprint density at radius 1 is 1.24 bits per heavy atom. The summed E-state index contributed by atoms with van der Waals surface area (Å²) in [5.74, 6) is 0.878. The molecule has 0 radical (unpaired) electrons. The molecule has 9 nitrogen and oxygen atoms in total. The number of aryl methyl sites for hydroxylation is 2. The fourth-order valence-corrected chi connectivity index (χ4v) is 4.68. The molecule has 2 atom stereocenters. The van der Waals surface area contributed by atoms with Crippen molar-refractivity contribution in [2.75, 3.05) is 37.7 Å². The van der Waals surface area contributed by atoms with Gasteiger partial charge in [0.1, 0.15) is 24.4 Å². The van der Waals surface area contributed by atoms with Gasteiger partial charge in [0.05, 0.1) is 17.8 Å². The average molecular weight is 491 g/mol. The zero-order valence-corrected chi connectivity index (χ0v) is 19.9. The molecule has 0 bridgehead atoms. The molecule has 3 aromatic rings. The van der Waals surface area contributed by atoms with Gasteiger partial charge in [0.2, 0.25) is 0 Å². The van der Waals surface area contributed by atoms with Crippen LogP contribution >= 0.6 is 12.4 Å².